The van der Waals surface area contributed by atoms with Gasteiger partial charge in [0.1, 0.15) is 11.9 Å². The molecule has 15 heavy (non-hydrogen) atoms. The first-order valence-electron chi connectivity index (χ1n) is 5.76. The molecule has 1 aliphatic carbocycles. The van der Waals surface area contributed by atoms with Gasteiger partial charge in [0, 0.05) is 12.6 Å². The normalized spacial score (nSPS) is 26.5. The van der Waals surface area contributed by atoms with Crippen LogP contribution < -0.4 is 5.32 Å². The summed E-state index contributed by atoms with van der Waals surface area (Å²) in [4.78, 5) is 0. The lowest BCUT2D eigenvalue weighted by molar-refractivity contribution is 0.146. The fourth-order valence-electron chi connectivity index (χ4n) is 2.03. The molecule has 3 unspecified atom stereocenters. The molecule has 0 bridgehead atoms. The van der Waals surface area contributed by atoms with Crippen molar-refractivity contribution in [1.82, 2.24) is 5.32 Å². The van der Waals surface area contributed by atoms with Crippen molar-refractivity contribution in [2.45, 2.75) is 38.3 Å². The van der Waals surface area contributed by atoms with Crippen LogP contribution in [0.15, 0.2) is 22.8 Å². The van der Waals surface area contributed by atoms with Gasteiger partial charge in [-0.15, -0.1) is 0 Å². The smallest absolute Gasteiger partial charge is 0.133 e. The fraction of sp³-hybridized carbons (Fsp3) is 0.667. The molecule has 3 heteroatoms. The van der Waals surface area contributed by atoms with Crippen LogP contribution in [0, 0.1) is 5.92 Å². The van der Waals surface area contributed by atoms with Crippen LogP contribution in [0.2, 0.25) is 0 Å². The van der Waals surface area contributed by atoms with Crippen molar-refractivity contribution in [1.29, 1.82) is 0 Å². The van der Waals surface area contributed by atoms with E-state index in [0.29, 0.717) is 18.3 Å². The third-order valence-electron chi connectivity index (χ3n) is 3.03. The molecule has 0 radical (unpaired) electrons. The van der Waals surface area contributed by atoms with Crippen molar-refractivity contribution < 1.29 is 9.52 Å². The predicted molar refractivity (Wildman–Crippen MR) is 58.5 cm³/mol. The van der Waals surface area contributed by atoms with E-state index in [2.05, 4.69) is 12.2 Å². The lowest BCUT2D eigenvalue weighted by Gasteiger charge is -2.08. The minimum Gasteiger partial charge on any atom is -0.467 e. The van der Waals surface area contributed by atoms with Crippen LogP contribution in [0.25, 0.3) is 0 Å². The number of aliphatic hydroxyl groups is 1. The van der Waals surface area contributed by atoms with E-state index in [1.165, 1.54) is 19.3 Å². The highest BCUT2D eigenvalue weighted by Crippen LogP contribution is 2.34. The monoisotopic (exact) mass is 209 g/mol. The summed E-state index contributed by atoms with van der Waals surface area (Å²) in [6.45, 7) is 2.81. The van der Waals surface area contributed by atoms with E-state index in [4.69, 9.17) is 4.42 Å². The highest BCUT2D eigenvalue weighted by atomic mass is 16.4. The van der Waals surface area contributed by atoms with Gasteiger partial charge in [0.05, 0.1) is 6.26 Å². The zero-order chi connectivity index (χ0) is 10.7. The number of rotatable bonds is 6. The molecule has 3 nitrogen and oxygen atoms in total. The largest absolute Gasteiger partial charge is 0.467 e. The Labute approximate surface area is 90.5 Å². The van der Waals surface area contributed by atoms with Crippen LogP contribution in [0.4, 0.5) is 0 Å². The Morgan fingerprint density at radius 1 is 1.67 bits per heavy atom. The van der Waals surface area contributed by atoms with Gasteiger partial charge in [0.15, 0.2) is 0 Å². The second-order valence-corrected chi connectivity index (χ2v) is 4.33. The Morgan fingerprint density at radius 2 is 2.53 bits per heavy atom. The average Bonchev–Trinajstić information content (AvgIpc) is 2.78. The lowest BCUT2D eigenvalue weighted by atomic mass is 10.2. The minimum absolute atomic E-state index is 0.511. The number of nitrogens with one attached hydrogen (secondary N) is 1. The van der Waals surface area contributed by atoms with Gasteiger partial charge < -0.3 is 14.8 Å². The maximum Gasteiger partial charge on any atom is 0.133 e. The zero-order valence-corrected chi connectivity index (χ0v) is 9.15. The number of furan rings is 1. The number of hydrogen-bond donors (Lipinski definition) is 2. The molecule has 3 atom stereocenters. The summed E-state index contributed by atoms with van der Waals surface area (Å²) in [5, 5.41) is 13.1. The second kappa shape index (κ2) is 4.81. The Hall–Kier alpha value is -0.800. The van der Waals surface area contributed by atoms with Crippen molar-refractivity contribution in [2.24, 2.45) is 5.92 Å². The van der Waals surface area contributed by atoms with Gasteiger partial charge in [0.2, 0.25) is 0 Å². The molecular formula is C12H19NO2. The molecular weight excluding hydrogens is 190 g/mol. The Kier molecular flexibility index (Phi) is 3.44. The van der Waals surface area contributed by atoms with Crippen LogP contribution >= 0.6 is 0 Å². The maximum absolute atomic E-state index is 9.75. The van der Waals surface area contributed by atoms with Gasteiger partial charge >= 0.3 is 0 Å². The lowest BCUT2D eigenvalue weighted by Crippen LogP contribution is -2.24. The van der Waals surface area contributed by atoms with Gasteiger partial charge in [-0.2, -0.15) is 0 Å². The first-order valence-corrected chi connectivity index (χ1v) is 5.76. The minimum atomic E-state index is -0.511. The molecule has 2 N–H and O–H groups in total. The van der Waals surface area contributed by atoms with Gasteiger partial charge in [-0.1, -0.05) is 13.3 Å². The third kappa shape index (κ3) is 2.83. The van der Waals surface area contributed by atoms with Crippen LogP contribution in [0.3, 0.4) is 0 Å². The number of aliphatic hydroxyl groups excluding tert-OH is 1. The molecule has 1 fully saturated rings. The molecule has 0 saturated heterocycles. The standard InChI is InChI=1S/C12H19NO2/c1-2-4-9-7-10(9)13-8-11(14)12-5-3-6-15-12/h3,5-6,9-11,13-14H,2,4,7-8H2,1H3. The van der Waals surface area contributed by atoms with Crippen LogP contribution in [0.1, 0.15) is 38.1 Å². The van der Waals surface area contributed by atoms with Crippen molar-refractivity contribution >= 4 is 0 Å². The summed E-state index contributed by atoms with van der Waals surface area (Å²) >= 11 is 0. The van der Waals surface area contributed by atoms with E-state index in [9.17, 15) is 5.11 Å². The van der Waals surface area contributed by atoms with E-state index < -0.39 is 6.10 Å². The van der Waals surface area contributed by atoms with E-state index in [0.717, 1.165) is 5.92 Å². The Balaban J connectivity index is 1.67. The van der Waals surface area contributed by atoms with Crippen LogP contribution in [-0.4, -0.2) is 17.7 Å². The summed E-state index contributed by atoms with van der Waals surface area (Å²) in [5.41, 5.74) is 0. The van der Waals surface area contributed by atoms with Crippen LogP contribution in [0.5, 0.6) is 0 Å². The molecule has 1 heterocycles. The predicted octanol–water partition coefficient (Wildman–Crippen LogP) is 2.09. The molecule has 0 amide bonds. The Bertz CT molecular complexity index is 284. The SMILES string of the molecule is CCCC1CC1NCC(O)c1ccco1. The fourth-order valence-corrected chi connectivity index (χ4v) is 2.03. The highest BCUT2D eigenvalue weighted by Gasteiger charge is 2.35. The van der Waals surface area contributed by atoms with Crippen molar-refractivity contribution in [3.05, 3.63) is 24.2 Å². The molecule has 2 rings (SSSR count). The molecule has 84 valence electrons. The van der Waals surface area contributed by atoms with Crippen molar-refractivity contribution in [3.8, 4) is 0 Å². The van der Waals surface area contributed by atoms with E-state index in [-0.39, 0.29) is 0 Å². The summed E-state index contributed by atoms with van der Waals surface area (Å²) in [5.74, 6) is 1.48. The first-order chi connectivity index (χ1) is 7.31. The summed E-state index contributed by atoms with van der Waals surface area (Å²) < 4.78 is 5.13. The number of hydrogen-bond acceptors (Lipinski definition) is 3. The summed E-state index contributed by atoms with van der Waals surface area (Å²) in [6.07, 6.45) is 4.90. The van der Waals surface area contributed by atoms with Gasteiger partial charge in [-0.25, -0.2) is 0 Å². The van der Waals surface area contributed by atoms with Crippen molar-refractivity contribution in [2.75, 3.05) is 6.54 Å². The molecule has 1 aliphatic rings. The second-order valence-electron chi connectivity index (χ2n) is 4.33. The maximum atomic E-state index is 9.75. The average molecular weight is 209 g/mol. The molecule has 1 saturated carbocycles. The zero-order valence-electron chi connectivity index (χ0n) is 9.15. The van der Waals surface area contributed by atoms with Gasteiger partial charge in [-0.05, 0) is 30.9 Å². The molecule has 0 aliphatic heterocycles. The highest BCUT2D eigenvalue weighted by molar-refractivity contribution is 5.03. The van der Waals surface area contributed by atoms with E-state index in [1.54, 1.807) is 12.3 Å². The third-order valence-corrected chi connectivity index (χ3v) is 3.03. The van der Waals surface area contributed by atoms with E-state index in [1.807, 2.05) is 6.07 Å². The molecule has 1 aromatic heterocycles. The molecule has 0 spiro atoms. The van der Waals surface area contributed by atoms with Gasteiger partial charge in [0.25, 0.3) is 0 Å². The quantitative estimate of drug-likeness (QED) is 0.754. The van der Waals surface area contributed by atoms with Crippen molar-refractivity contribution in [3.63, 3.8) is 0 Å². The summed E-state index contributed by atoms with van der Waals surface area (Å²) in [7, 11) is 0. The summed E-state index contributed by atoms with van der Waals surface area (Å²) in [6, 6.07) is 4.23. The molecule has 0 aromatic carbocycles. The van der Waals surface area contributed by atoms with Crippen LogP contribution in [-0.2, 0) is 0 Å². The van der Waals surface area contributed by atoms with E-state index >= 15 is 0 Å². The topological polar surface area (TPSA) is 45.4 Å². The van der Waals surface area contributed by atoms with Gasteiger partial charge in [-0.3, -0.25) is 0 Å². The Morgan fingerprint density at radius 3 is 3.20 bits per heavy atom. The first kappa shape index (κ1) is 10.7. The molecule has 1 aromatic rings.